The molecule has 5 aromatic rings. The van der Waals surface area contributed by atoms with Gasteiger partial charge in [-0.1, -0.05) is 42.0 Å². The molecule has 0 bridgehead atoms. The molecule has 0 atom stereocenters. The zero-order valence-electron chi connectivity index (χ0n) is 14.5. The maximum Gasteiger partial charge on any atom is 0.263 e. The zero-order valence-corrected chi connectivity index (χ0v) is 16.2. The van der Waals surface area contributed by atoms with Gasteiger partial charge in [0.1, 0.15) is 9.84 Å². The largest absolute Gasteiger partial charge is 0.292 e. The van der Waals surface area contributed by atoms with Crippen LogP contribution in [-0.4, -0.2) is 14.5 Å². The predicted molar refractivity (Wildman–Crippen MR) is 113 cm³/mol. The molecule has 0 radical (unpaired) electrons. The van der Waals surface area contributed by atoms with Gasteiger partial charge in [0.25, 0.3) is 5.56 Å². The van der Waals surface area contributed by atoms with Crippen molar-refractivity contribution in [3.8, 4) is 11.1 Å². The molecule has 5 rings (SSSR count). The summed E-state index contributed by atoms with van der Waals surface area (Å²) in [5.74, 6) is 0. The minimum absolute atomic E-state index is 0.0175. The summed E-state index contributed by atoms with van der Waals surface area (Å²) in [6.45, 7) is 2.49. The van der Waals surface area contributed by atoms with E-state index in [0.717, 1.165) is 31.2 Å². The Hall–Kier alpha value is -2.83. The van der Waals surface area contributed by atoms with Gasteiger partial charge in [0.05, 0.1) is 28.5 Å². The molecule has 0 amide bonds. The maximum absolute atomic E-state index is 13.2. The van der Waals surface area contributed by atoms with Crippen molar-refractivity contribution in [3.05, 3.63) is 81.2 Å². The second-order valence-electron chi connectivity index (χ2n) is 6.45. The number of hydrogen-bond acceptors (Lipinski definition) is 5. The van der Waals surface area contributed by atoms with Crippen LogP contribution in [0.4, 0.5) is 0 Å². The van der Waals surface area contributed by atoms with Crippen molar-refractivity contribution in [3.63, 3.8) is 0 Å². The van der Waals surface area contributed by atoms with E-state index in [0.29, 0.717) is 11.9 Å². The SMILES string of the molecule is Cc1ccc(-c2csc3ncn(Cc4nc5ccccc5s4)c(=O)c23)cc1. The molecule has 0 saturated carbocycles. The summed E-state index contributed by atoms with van der Waals surface area (Å²) in [4.78, 5) is 23.1. The number of aromatic nitrogens is 3. The highest BCUT2D eigenvalue weighted by molar-refractivity contribution is 7.18. The Bertz CT molecular complexity index is 1300. The van der Waals surface area contributed by atoms with Crippen molar-refractivity contribution in [2.45, 2.75) is 13.5 Å². The first-order valence-corrected chi connectivity index (χ1v) is 10.3. The molecule has 2 aromatic carbocycles. The molecule has 0 fully saturated rings. The number of fused-ring (bicyclic) bond motifs is 2. The summed E-state index contributed by atoms with van der Waals surface area (Å²) >= 11 is 3.12. The fraction of sp³-hybridized carbons (Fsp3) is 0.0952. The second-order valence-corrected chi connectivity index (χ2v) is 8.42. The second kappa shape index (κ2) is 6.40. The molecule has 0 aliphatic rings. The van der Waals surface area contributed by atoms with Gasteiger partial charge in [-0.05, 0) is 24.6 Å². The smallest absolute Gasteiger partial charge is 0.263 e. The molecule has 0 aliphatic heterocycles. The van der Waals surface area contributed by atoms with E-state index in [1.807, 2.05) is 23.6 Å². The number of benzene rings is 2. The Balaban J connectivity index is 1.61. The molecule has 3 aromatic heterocycles. The summed E-state index contributed by atoms with van der Waals surface area (Å²) in [6.07, 6.45) is 1.63. The minimum atomic E-state index is -0.0175. The van der Waals surface area contributed by atoms with Crippen LogP contribution < -0.4 is 5.56 Å². The fourth-order valence-corrected chi connectivity index (χ4v) is 5.03. The summed E-state index contributed by atoms with van der Waals surface area (Å²) in [7, 11) is 0. The van der Waals surface area contributed by atoms with Gasteiger partial charge >= 0.3 is 0 Å². The first-order chi connectivity index (χ1) is 13.2. The van der Waals surface area contributed by atoms with Crippen molar-refractivity contribution >= 4 is 43.1 Å². The van der Waals surface area contributed by atoms with Crippen LogP contribution >= 0.6 is 22.7 Å². The molecule has 6 heteroatoms. The fourth-order valence-electron chi connectivity index (χ4n) is 3.16. The van der Waals surface area contributed by atoms with Gasteiger partial charge in [0.15, 0.2) is 0 Å². The van der Waals surface area contributed by atoms with E-state index in [4.69, 9.17) is 0 Å². The molecule has 3 heterocycles. The number of para-hydroxylation sites is 1. The van der Waals surface area contributed by atoms with Crippen LogP contribution in [-0.2, 0) is 6.54 Å². The van der Waals surface area contributed by atoms with Gasteiger partial charge in [-0.25, -0.2) is 9.97 Å². The van der Waals surface area contributed by atoms with E-state index in [2.05, 4.69) is 47.2 Å². The number of thiazole rings is 1. The van der Waals surface area contributed by atoms with Crippen LogP contribution in [0.25, 0.3) is 31.6 Å². The molecule has 0 unspecified atom stereocenters. The average molecular weight is 390 g/mol. The number of aryl methyl sites for hydroxylation is 1. The lowest BCUT2D eigenvalue weighted by Crippen LogP contribution is -2.20. The van der Waals surface area contributed by atoms with Gasteiger partial charge in [0, 0.05) is 10.9 Å². The van der Waals surface area contributed by atoms with Crippen LogP contribution in [0.5, 0.6) is 0 Å². The Kier molecular flexibility index (Phi) is 3.88. The lowest BCUT2D eigenvalue weighted by Gasteiger charge is -2.04. The molecule has 0 spiro atoms. The Morgan fingerprint density at radius 3 is 2.70 bits per heavy atom. The van der Waals surface area contributed by atoms with Crippen molar-refractivity contribution in [1.82, 2.24) is 14.5 Å². The monoisotopic (exact) mass is 389 g/mol. The Morgan fingerprint density at radius 2 is 1.89 bits per heavy atom. The number of hydrogen-bond donors (Lipinski definition) is 0. The Morgan fingerprint density at radius 1 is 1.07 bits per heavy atom. The Labute approximate surface area is 163 Å². The van der Waals surface area contributed by atoms with E-state index in [1.54, 1.807) is 22.2 Å². The standard InChI is InChI=1S/C21H15N3OS2/c1-13-6-8-14(9-7-13)15-11-26-20-19(15)21(25)24(12-22-20)10-18-23-16-4-2-3-5-17(16)27-18/h2-9,11-12H,10H2,1H3. The van der Waals surface area contributed by atoms with Gasteiger partial charge in [-0.3, -0.25) is 9.36 Å². The summed E-state index contributed by atoms with van der Waals surface area (Å²) in [6, 6.07) is 16.3. The van der Waals surface area contributed by atoms with Gasteiger partial charge < -0.3 is 0 Å². The van der Waals surface area contributed by atoms with Gasteiger partial charge in [-0.2, -0.15) is 0 Å². The van der Waals surface area contributed by atoms with Gasteiger partial charge in [-0.15, -0.1) is 22.7 Å². The highest BCUT2D eigenvalue weighted by Gasteiger charge is 2.14. The van der Waals surface area contributed by atoms with Crippen molar-refractivity contribution in [2.75, 3.05) is 0 Å². The lowest BCUT2D eigenvalue weighted by molar-refractivity contribution is 0.746. The first kappa shape index (κ1) is 16.4. The number of thiophene rings is 1. The topological polar surface area (TPSA) is 47.8 Å². The average Bonchev–Trinajstić information content (AvgIpc) is 3.28. The summed E-state index contributed by atoms with van der Waals surface area (Å²) < 4.78 is 2.79. The van der Waals surface area contributed by atoms with Gasteiger partial charge in [0.2, 0.25) is 0 Å². The minimum Gasteiger partial charge on any atom is -0.292 e. The van der Waals surface area contributed by atoms with Crippen molar-refractivity contribution < 1.29 is 0 Å². The highest BCUT2D eigenvalue weighted by atomic mass is 32.1. The van der Waals surface area contributed by atoms with E-state index in [9.17, 15) is 4.79 Å². The molecular weight excluding hydrogens is 374 g/mol. The summed E-state index contributed by atoms with van der Waals surface area (Å²) in [5, 5.41) is 3.62. The van der Waals surface area contributed by atoms with Crippen LogP contribution in [0.2, 0.25) is 0 Å². The third-order valence-corrected chi connectivity index (χ3v) is 6.47. The number of rotatable bonds is 3. The third kappa shape index (κ3) is 2.87. The molecular formula is C21H15N3OS2. The third-order valence-electron chi connectivity index (χ3n) is 4.57. The highest BCUT2D eigenvalue weighted by Crippen LogP contribution is 2.31. The normalized spacial score (nSPS) is 11.4. The number of nitrogens with zero attached hydrogens (tertiary/aromatic N) is 3. The lowest BCUT2D eigenvalue weighted by atomic mass is 10.1. The van der Waals surface area contributed by atoms with Crippen molar-refractivity contribution in [2.24, 2.45) is 0 Å². The predicted octanol–water partition coefficient (Wildman–Crippen LogP) is 5.09. The van der Waals surface area contributed by atoms with E-state index >= 15 is 0 Å². The quantitative estimate of drug-likeness (QED) is 0.432. The van der Waals surface area contributed by atoms with Crippen LogP contribution in [0.1, 0.15) is 10.6 Å². The van der Waals surface area contributed by atoms with E-state index in [1.165, 1.54) is 16.9 Å². The van der Waals surface area contributed by atoms with E-state index < -0.39 is 0 Å². The molecule has 27 heavy (non-hydrogen) atoms. The van der Waals surface area contributed by atoms with E-state index in [-0.39, 0.29) is 5.56 Å². The first-order valence-electron chi connectivity index (χ1n) is 8.57. The van der Waals surface area contributed by atoms with Crippen LogP contribution in [0, 0.1) is 6.92 Å². The zero-order chi connectivity index (χ0) is 18.4. The van der Waals surface area contributed by atoms with Crippen molar-refractivity contribution in [1.29, 1.82) is 0 Å². The molecule has 0 N–H and O–H groups in total. The molecule has 0 aliphatic carbocycles. The maximum atomic E-state index is 13.2. The summed E-state index contributed by atoms with van der Waals surface area (Å²) in [5.41, 5.74) is 4.14. The van der Waals surface area contributed by atoms with Crippen LogP contribution in [0.15, 0.2) is 65.0 Å². The molecule has 0 saturated heterocycles. The van der Waals surface area contributed by atoms with Crippen LogP contribution in [0.3, 0.4) is 0 Å². The molecule has 4 nitrogen and oxygen atoms in total. The molecule has 132 valence electrons.